The van der Waals surface area contributed by atoms with Gasteiger partial charge >= 0.3 is 0 Å². The summed E-state index contributed by atoms with van der Waals surface area (Å²) in [6.07, 6.45) is 2.69. The number of benzene rings is 3. The standard InChI is InChI=1S/C27H25N5O4S3/c1-38(33,34)14-13-28-16-26-32-25(17-37-26)19-7-12-23-24(15-19)29-18-30-27(23)31-20-8-10-22(11-9-20)39(35,36)21-5-3-2-4-6-21/h2-12,15,17-18,28H,13-14,16H2,1H3,(H,29,30,31). The Morgan fingerprint density at radius 1 is 0.872 bits per heavy atom. The lowest BCUT2D eigenvalue weighted by Gasteiger charge is -2.10. The minimum Gasteiger partial charge on any atom is -0.340 e. The highest BCUT2D eigenvalue weighted by atomic mass is 32.2. The molecule has 0 fully saturated rings. The highest BCUT2D eigenvalue weighted by Crippen LogP contribution is 2.29. The van der Waals surface area contributed by atoms with Crippen LogP contribution in [0.2, 0.25) is 0 Å². The SMILES string of the molecule is CS(=O)(=O)CCNCc1nc(-c2ccc3c(Nc4ccc(S(=O)(=O)c5ccccc5)cc4)ncnc3c2)cs1. The van der Waals surface area contributed by atoms with Gasteiger partial charge in [-0.15, -0.1) is 11.3 Å². The smallest absolute Gasteiger partial charge is 0.206 e. The zero-order chi connectivity index (χ0) is 27.5. The maximum Gasteiger partial charge on any atom is 0.206 e. The van der Waals surface area contributed by atoms with E-state index in [1.54, 1.807) is 54.6 Å². The van der Waals surface area contributed by atoms with Crippen molar-refractivity contribution in [3.05, 3.63) is 89.5 Å². The van der Waals surface area contributed by atoms with Crippen LogP contribution in [0.15, 0.2) is 94.3 Å². The maximum atomic E-state index is 12.9. The predicted molar refractivity (Wildman–Crippen MR) is 154 cm³/mol. The summed E-state index contributed by atoms with van der Waals surface area (Å²) in [5.41, 5.74) is 3.14. The van der Waals surface area contributed by atoms with Crippen LogP contribution in [0.25, 0.3) is 22.2 Å². The van der Waals surface area contributed by atoms with E-state index in [1.165, 1.54) is 23.9 Å². The quantitative estimate of drug-likeness (QED) is 0.230. The molecule has 3 aromatic carbocycles. The summed E-state index contributed by atoms with van der Waals surface area (Å²) in [4.78, 5) is 13.9. The van der Waals surface area contributed by atoms with Gasteiger partial charge in [0.2, 0.25) is 9.84 Å². The fraction of sp³-hybridized carbons (Fsp3) is 0.148. The number of fused-ring (bicyclic) bond motifs is 1. The van der Waals surface area contributed by atoms with Crippen molar-refractivity contribution in [2.75, 3.05) is 23.9 Å². The molecule has 0 bridgehead atoms. The Kier molecular flexibility index (Phi) is 7.71. The van der Waals surface area contributed by atoms with Gasteiger partial charge in [-0.3, -0.25) is 0 Å². The van der Waals surface area contributed by atoms with Crippen LogP contribution in [0.4, 0.5) is 11.5 Å². The number of rotatable bonds is 10. The second kappa shape index (κ2) is 11.2. The molecule has 0 spiro atoms. The van der Waals surface area contributed by atoms with Gasteiger partial charge in [-0.2, -0.15) is 0 Å². The summed E-state index contributed by atoms with van der Waals surface area (Å²) in [6.45, 7) is 0.872. The lowest BCUT2D eigenvalue weighted by atomic mass is 10.1. The van der Waals surface area contributed by atoms with Crippen molar-refractivity contribution in [2.24, 2.45) is 0 Å². The molecule has 2 aromatic heterocycles. The summed E-state index contributed by atoms with van der Waals surface area (Å²) in [5, 5.41) is 9.99. The van der Waals surface area contributed by atoms with Crippen LogP contribution in [0.1, 0.15) is 5.01 Å². The van der Waals surface area contributed by atoms with Gasteiger partial charge in [0, 0.05) is 41.4 Å². The van der Waals surface area contributed by atoms with Gasteiger partial charge in [-0.05, 0) is 48.5 Å². The first-order valence-electron chi connectivity index (χ1n) is 11.9. The molecule has 5 rings (SSSR count). The third kappa shape index (κ3) is 6.48. The largest absolute Gasteiger partial charge is 0.340 e. The van der Waals surface area contributed by atoms with E-state index in [1.807, 2.05) is 23.6 Å². The summed E-state index contributed by atoms with van der Waals surface area (Å²) in [5.74, 6) is 0.683. The molecule has 0 atom stereocenters. The zero-order valence-electron chi connectivity index (χ0n) is 20.9. The van der Waals surface area contributed by atoms with E-state index >= 15 is 0 Å². The molecule has 12 heteroatoms. The van der Waals surface area contributed by atoms with Gasteiger partial charge in [0.15, 0.2) is 0 Å². The molecule has 39 heavy (non-hydrogen) atoms. The van der Waals surface area contributed by atoms with Crippen molar-refractivity contribution in [2.45, 2.75) is 16.3 Å². The first-order valence-corrected chi connectivity index (χ1v) is 16.4. The Morgan fingerprint density at radius 2 is 1.62 bits per heavy atom. The third-order valence-electron chi connectivity index (χ3n) is 5.89. The molecule has 0 aliphatic heterocycles. The highest BCUT2D eigenvalue weighted by Gasteiger charge is 2.17. The molecule has 0 saturated heterocycles. The fourth-order valence-electron chi connectivity index (χ4n) is 3.88. The number of hydrogen-bond donors (Lipinski definition) is 2. The van der Waals surface area contributed by atoms with Gasteiger partial charge in [0.1, 0.15) is 27.0 Å². The minimum atomic E-state index is -3.59. The molecule has 2 heterocycles. The van der Waals surface area contributed by atoms with Crippen LogP contribution in [0, 0.1) is 0 Å². The van der Waals surface area contributed by atoms with E-state index in [0.29, 0.717) is 24.6 Å². The maximum absolute atomic E-state index is 12.9. The minimum absolute atomic E-state index is 0.0862. The van der Waals surface area contributed by atoms with E-state index in [4.69, 9.17) is 0 Å². The first kappa shape index (κ1) is 26.9. The van der Waals surface area contributed by atoms with E-state index in [0.717, 1.165) is 27.2 Å². The lowest BCUT2D eigenvalue weighted by molar-refractivity contribution is 0.594. The van der Waals surface area contributed by atoms with Crippen molar-refractivity contribution in [1.29, 1.82) is 0 Å². The molecule has 9 nitrogen and oxygen atoms in total. The van der Waals surface area contributed by atoms with Crippen molar-refractivity contribution in [3.8, 4) is 11.3 Å². The average molecular weight is 580 g/mol. The van der Waals surface area contributed by atoms with Crippen LogP contribution < -0.4 is 10.6 Å². The van der Waals surface area contributed by atoms with Crippen molar-refractivity contribution < 1.29 is 16.8 Å². The van der Waals surface area contributed by atoms with Crippen molar-refractivity contribution in [1.82, 2.24) is 20.3 Å². The molecule has 0 aliphatic carbocycles. The van der Waals surface area contributed by atoms with E-state index in [9.17, 15) is 16.8 Å². The molecular weight excluding hydrogens is 555 g/mol. The average Bonchev–Trinajstić information content (AvgIpc) is 3.40. The fourth-order valence-corrected chi connectivity index (χ4v) is 6.45. The van der Waals surface area contributed by atoms with Gasteiger partial charge < -0.3 is 10.6 Å². The molecule has 2 N–H and O–H groups in total. The van der Waals surface area contributed by atoms with Crippen LogP contribution in [-0.4, -0.2) is 50.3 Å². The Bertz CT molecular complexity index is 1820. The number of hydrogen-bond acceptors (Lipinski definition) is 10. The predicted octanol–water partition coefficient (Wildman–Crippen LogP) is 4.46. The van der Waals surface area contributed by atoms with Crippen LogP contribution in [0.3, 0.4) is 0 Å². The lowest BCUT2D eigenvalue weighted by Crippen LogP contribution is -2.21. The van der Waals surface area contributed by atoms with Crippen LogP contribution >= 0.6 is 11.3 Å². The normalized spacial score (nSPS) is 12.0. The third-order valence-corrected chi connectivity index (χ3v) is 9.47. The van der Waals surface area contributed by atoms with Gasteiger partial charge in [0.25, 0.3) is 0 Å². The number of thiazole rings is 1. The second-order valence-electron chi connectivity index (χ2n) is 8.85. The second-order valence-corrected chi connectivity index (χ2v) is 14.0. The molecule has 0 saturated carbocycles. The molecule has 5 aromatic rings. The van der Waals surface area contributed by atoms with Gasteiger partial charge in [-0.25, -0.2) is 31.8 Å². The monoisotopic (exact) mass is 579 g/mol. The molecule has 0 amide bonds. The van der Waals surface area contributed by atoms with E-state index < -0.39 is 19.7 Å². The Labute approximate surface area is 230 Å². The van der Waals surface area contributed by atoms with Crippen LogP contribution in [0.5, 0.6) is 0 Å². The molecule has 0 aliphatic rings. The van der Waals surface area contributed by atoms with E-state index in [2.05, 4.69) is 25.6 Å². The zero-order valence-corrected chi connectivity index (χ0v) is 23.4. The number of nitrogens with zero attached hydrogens (tertiary/aromatic N) is 3. The summed E-state index contributed by atoms with van der Waals surface area (Å²) < 4.78 is 48.3. The summed E-state index contributed by atoms with van der Waals surface area (Å²) in [7, 11) is -6.59. The number of nitrogens with one attached hydrogen (secondary N) is 2. The van der Waals surface area contributed by atoms with Crippen molar-refractivity contribution in [3.63, 3.8) is 0 Å². The number of sulfone groups is 2. The summed E-state index contributed by atoms with van der Waals surface area (Å²) in [6, 6.07) is 20.7. The topological polar surface area (TPSA) is 131 Å². The highest BCUT2D eigenvalue weighted by molar-refractivity contribution is 7.91. The van der Waals surface area contributed by atoms with Crippen molar-refractivity contribution >= 4 is 53.4 Å². The molecular formula is C27H25N5O4S3. The number of anilines is 2. The molecule has 200 valence electrons. The Hall–Kier alpha value is -3.71. The van der Waals surface area contributed by atoms with Gasteiger partial charge in [-0.1, -0.05) is 24.3 Å². The number of aromatic nitrogens is 3. The van der Waals surface area contributed by atoms with E-state index in [-0.39, 0.29) is 15.5 Å². The molecule has 0 unspecified atom stereocenters. The van der Waals surface area contributed by atoms with Gasteiger partial charge in [0.05, 0.1) is 26.8 Å². The Balaban J connectivity index is 1.30. The Morgan fingerprint density at radius 3 is 2.36 bits per heavy atom. The first-order chi connectivity index (χ1) is 18.7. The molecule has 0 radical (unpaired) electrons. The van der Waals surface area contributed by atoms with Crippen LogP contribution in [-0.2, 0) is 26.2 Å². The summed E-state index contributed by atoms with van der Waals surface area (Å²) >= 11 is 1.50.